The first-order valence-corrected chi connectivity index (χ1v) is 7.20. The molecule has 0 bridgehead atoms. The highest BCUT2D eigenvalue weighted by Gasteiger charge is 2.30. The van der Waals surface area contributed by atoms with E-state index in [0.717, 1.165) is 24.7 Å². The molecular weight excluding hydrogens is 262 g/mol. The summed E-state index contributed by atoms with van der Waals surface area (Å²) in [6.07, 6.45) is 6.91. The second-order valence-corrected chi connectivity index (χ2v) is 6.10. The summed E-state index contributed by atoms with van der Waals surface area (Å²) >= 11 is 3.76. The van der Waals surface area contributed by atoms with E-state index >= 15 is 0 Å². The summed E-state index contributed by atoms with van der Waals surface area (Å²) in [5, 5.41) is 0. The third-order valence-corrected chi connectivity index (χ3v) is 5.18. The van der Waals surface area contributed by atoms with Crippen LogP contribution in [0.15, 0.2) is 18.3 Å². The third-order valence-electron chi connectivity index (χ3n) is 3.89. The van der Waals surface area contributed by atoms with Gasteiger partial charge in [-0.25, -0.2) is 0 Å². The van der Waals surface area contributed by atoms with Gasteiger partial charge in [-0.3, -0.25) is 4.98 Å². The van der Waals surface area contributed by atoms with Crippen molar-refractivity contribution in [2.45, 2.75) is 44.4 Å². The Morgan fingerprint density at radius 1 is 1.38 bits per heavy atom. The van der Waals surface area contributed by atoms with Crippen molar-refractivity contribution in [3.05, 3.63) is 29.6 Å². The molecule has 2 heteroatoms. The molecule has 0 spiro atoms. The van der Waals surface area contributed by atoms with Gasteiger partial charge >= 0.3 is 0 Å². The Morgan fingerprint density at radius 2 is 2.19 bits per heavy atom. The lowest BCUT2D eigenvalue weighted by atomic mass is 9.93. The number of rotatable bonds is 3. The van der Waals surface area contributed by atoms with Gasteiger partial charge in [0.1, 0.15) is 0 Å². The van der Waals surface area contributed by atoms with Crippen molar-refractivity contribution >= 4 is 15.9 Å². The zero-order valence-electron chi connectivity index (χ0n) is 10.1. The van der Waals surface area contributed by atoms with Crippen LogP contribution in [0.2, 0.25) is 0 Å². The average Bonchev–Trinajstić information content (AvgIpc) is 2.62. The number of hydrogen-bond donors (Lipinski definition) is 0. The SMILES string of the molecule is CCc1ccc(CC2CCC(Br)C2C)nc1. The molecule has 2 rings (SSSR count). The van der Waals surface area contributed by atoms with Crippen LogP contribution in [0.5, 0.6) is 0 Å². The van der Waals surface area contributed by atoms with Crippen LogP contribution in [0.1, 0.15) is 37.9 Å². The molecule has 0 saturated heterocycles. The Kier molecular flexibility index (Phi) is 4.01. The van der Waals surface area contributed by atoms with E-state index in [-0.39, 0.29) is 0 Å². The highest BCUT2D eigenvalue weighted by molar-refractivity contribution is 9.09. The number of alkyl halides is 1. The molecule has 1 aliphatic rings. The lowest BCUT2D eigenvalue weighted by molar-refractivity contribution is 0.419. The summed E-state index contributed by atoms with van der Waals surface area (Å²) in [6, 6.07) is 4.42. The summed E-state index contributed by atoms with van der Waals surface area (Å²) in [4.78, 5) is 5.27. The van der Waals surface area contributed by atoms with Gasteiger partial charge in [0.15, 0.2) is 0 Å². The maximum Gasteiger partial charge on any atom is 0.0406 e. The Bertz CT molecular complexity index is 333. The Balaban J connectivity index is 1.98. The minimum Gasteiger partial charge on any atom is -0.261 e. The lowest BCUT2D eigenvalue weighted by Crippen LogP contribution is -2.13. The van der Waals surface area contributed by atoms with Gasteiger partial charge in [0.05, 0.1) is 0 Å². The quantitative estimate of drug-likeness (QED) is 0.764. The van der Waals surface area contributed by atoms with E-state index in [1.165, 1.54) is 24.1 Å². The zero-order valence-corrected chi connectivity index (χ0v) is 11.7. The molecule has 1 aromatic rings. The van der Waals surface area contributed by atoms with Gasteiger partial charge in [-0.1, -0.05) is 35.8 Å². The number of hydrogen-bond acceptors (Lipinski definition) is 1. The van der Waals surface area contributed by atoms with E-state index in [0.29, 0.717) is 4.83 Å². The molecule has 1 nitrogen and oxygen atoms in total. The van der Waals surface area contributed by atoms with E-state index in [4.69, 9.17) is 0 Å². The molecule has 0 aromatic carbocycles. The summed E-state index contributed by atoms with van der Waals surface area (Å²) in [6.45, 7) is 4.53. The monoisotopic (exact) mass is 281 g/mol. The van der Waals surface area contributed by atoms with E-state index in [2.05, 4.69) is 46.9 Å². The van der Waals surface area contributed by atoms with Crippen LogP contribution in [-0.2, 0) is 12.8 Å². The van der Waals surface area contributed by atoms with Crippen LogP contribution in [0.4, 0.5) is 0 Å². The molecule has 1 aromatic heterocycles. The van der Waals surface area contributed by atoms with Crippen molar-refractivity contribution in [3.63, 3.8) is 0 Å². The van der Waals surface area contributed by atoms with Crippen LogP contribution < -0.4 is 0 Å². The molecule has 16 heavy (non-hydrogen) atoms. The molecule has 1 fully saturated rings. The highest BCUT2D eigenvalue weighted by atomic mass is 79.9. The second kappa shape index (κ2) is 5.31. The molecule has 0 N–H and O–H groups in total. The van der Waals surface area contributed by atoms with E-state index < -0.39 is 0 Å². The molecular formula is C14H20BrN. The van der Waals surface area contributed by atoms with E-state index in [1.54, 1.807) is 0 Å². The smallest absolute Gasteiger partial charge is 0.0406 e. The van der Waals surface area contributed by atoms with Crippen molar-refractivity contribution in [1.82, 2.24) is 4.98 Å². The fraction of sp³-hybridized carbons (Fsp3) is 0.643. The van der Waals surface area contributed by atoms with Crippen LogP contribution in [-0.4, -0.2) is 9.81 Å². The van der Waals surface area contributed by atoms with Crippen molar-refractivity contribution in [2.75, 3.05) is 0 Å². The molecule has 3 atom stereocenters. The first kappa shape index (κ1) is 12.1. The zero-order chi connectivity index (χ0) is 11.5. The fourth-order valence-electron chi connectivity index (χ4n) is 2.54. The normalized spacial score (nSPS) is 29.6. The molecule has 0 radical (unpaired) electrons. The maximum absolute atomic E-state index is 4.56. The number of aryl methyl sites for hydroxylation is 1. The van der Waals surface area contributed by atoms with E-state index in [1.807, 2.05) is 6.20 Å². The summed E-state index contributed by atoms with van der Waals surface area (Å²) in [5.74, 6) is 1.59. The molecule has 3 unspecified atom stereocenters. The minimum absolute atomic E-state index is 0.715. The summed E-state index contributed by atoms with van der Waals surface area (Å²) in [5.41, 5.74) is 2.59. The van der Waals surface area contributed by atoms with Gasteiger partial charge in [-0.2, -0.15) is 0 Å². The topological polar surface area (TPSA) is 12.9 Å². The highest BCUT2D eigenvalue weighted by Crippen LogP contribution is 2.37. The Labute approximate surface area is 107 Å². The minimum atomic E-state index is 0.715. The van der Waals surface area contributed by atoms with Gasteiger partial charge in [-0.15, -0.1) is 0 Å². The first-order valence-electron chi connectivity index (χ1n) is 6.28. The predicted molar refractivity (Wildman–Crippen MR) is 71.9 cm³/mol. The summed E-state index contributed by atoms with van der Waals surface area (Å²) < 4.78 is 0. The standard InChI is InChI=1S/C14H20BrN/c1-3-11-4-6-13(16-9-11)8-12-5-7-14(15)10(12)2/h4,6,9-10,12,14H,3,5,7-8H2,1-2H3. The van der Waals surface area contributed by atoms with Crippen LogP contribution >= 0.6 is 15.9 Å². The third kappa shape index (κ3) is 2.65. The Morgan fingerprint density at radius 3 is 2.69 bits per heavy atom. The number of pyridine rings is 1. The van der Waals surface area contributed by atoms with Crippen molar-refractivity contribution in [3.8, 4) is 0 Å². The lowest BCUT2D eigenvalue weighted by Gasteiger charge is -2.16. The first-order chi connectivity index (χ1) is 7.70. The molecule has 1 saturated carbocycles. The van der Waals surface area contributed by atoms with Gasteiger partial charge in [0.25, 0.3) is 0 Å². The molecule has 1 heterocycles. The van der Waals surface area contributed by atoms with Gasteiger partial charge in [0.2, 0.25) is 0 Å². The fourth-order valence-corrected chi connectivity index (χ4v) is 3.23. The maximum atomic E-state index is 4.56. The molecule has 0 aliphatic heterocycles. The number of nitrogens with zero attached hydrogens (tertiary/aromatic N) is 1. The van der Waals surface area contributed by atoms with Gasteiger partial charge in [-0.05, 0) is 49.1 Å². The molecule has 88 valence electrons. The van der Waals surface area contributed by atoms with Gasteiger partial charge < -0.3 is 0 Å². The van der Waals surface area contributed by atoms with Crippen molar-refractivity contribution < 1.29 is 0 Å². The second-order valence-electron chi connectivity index (χ2n) is 4.93. The molecule has 0 amide bonds. The summed E-state index contributed by atoms with van der Waals surface area (Å²) in [7, 11) is 0. The number of aromatic nitrogens is 1. The van der Waals surface area contributed by atoms with Crippen molar-refractivity contribution in [1.29, 1.82) is 0 Å². The van der Waals surface area contributed by atoms with E-state index in [9.17, 15) is 0 Å². The Hall–Kier alpha value is -0.370. The van der Waals surface area contributed by atoms with Crippen LogP contribution in [0.3, 0.4) is 0 Å². The van der Waals surface area contributed by atoms with Gasteiger partial charge in [0, 0.05) is 16.7 Å². The average molecular weight is 282 g/mol. The largest absolute Gasteiger partial charge is 0.261 e. The number of halogens is 1. The van der Waals surface area contributed by atoms with Crippen molar-refractivity contribution in [2.24, 2.45) is 11.8 Å². The molecule has 1 aliphatic carbocycles. The predicted octanol–water partition coefficient (Wildman–Crippen LogP) is 4.00. The van der Waals surface area contributed by atoms with Crippen LogP contribution in [0, 0.1) is 11.8 Å². The van der Waals surface area contributed by atoms with Crippen LogP contribution in [0.25, 0.3) is 0 Å².